The zero-order valence-electron chi connectivity index (χ0n) is 7.51. The Kier molecular flexibility index (Phi) is 35.4. The Labute approximate surface area is 130 Å². The predicted molar refractivity (Wildman–Crippen MR) is 41.8 cm³/mol. The van der Waals surface area contributed by atoms with Crippen LogP contribution in [0.5, 0.6) is 0 Å². The van der Waals surface area contributed by atoms with E-state index in [0.29, 0.717) is 0 Å². The summed E-state index contributed by atoms with van der Waals surface area (Å²) in [6, 6.07) is 7.79. The minimum atomic E-state index is 0. The molecule has 4 heteroatoms. The number of hydrogen-bond acceptors (Lipinski definition) is 0. The van der Waals surface area contributed by atoms with Crippen molar-refractivity contribution in [2.45, 2.75) is 0 Å². The van der Waals surface area contributed by atoms with Crippen LogP contribution in [-0.2, 0) is 74.2 Å². The smallest absolute Gasteiger partial charge is 0 e. The molecular formula is C9H11V4-3. The largest absolute Gasteiger partial charge is 0.358 e. The molecule has 0 aromatic heterocycles. The Balaban J connectivity index is -0.0000000427. The molecule has 4 radical (unpaired) electrons. The van der Waals surface area contributed by atoms with Gasteiger partial charge in [-0.25, -0.2) is 49.2 Å². The Hall–Kier alpha value is 1.30. The fourth-order valence-corrected chi connectivity index (χ4v) is 0.539. The van der Waals surface area contributed by atoms with Crippen LogP contribution in [-0.4, -0.2) is 0 Å². The molecule has 0 fully saturated rings. The van der Waals surface area contributed by atoms with E-state index in [1.807, 2.05) is 24.3 Å². The summed E-state index contributed by atoms with van der Waals surface area (Å²) >= 11 is 0. The summed E-state index contributed by atoms with van der Waals surface area (Å²) in [5.41, 5.74) is 2.08. The first-order chi connectivity index (χ1) is 3.79. The van der Waals surface area contributed by atoms with Crippen LogP contribution in [0.2, 0.25) is 0 Å². The van der Waals surface area contributed by atoms with Crippen molar-refractivity contribution in [2.75, 3.05) is 0 Å². The maximum absolute atomic E-state index is 3.73. The standard InChI is InChI=1S/C8H8.CH3.4V/c1-7-3-5-8(2)6-4-7;;;;;/h3-6H,1-2H2;1H3;;;;/q-2;-1;;;;. The molecule has 1 aromatic rings. The summed E-state index contributed by atoms with van der Waals surface area (Å²) in [5.74, 6) is 0. The van der Waals surface area contributed by atoms with Gasteiger partial charge in [-0.2, -0.15) is 0 Å². The number of rotatable bonds is 0. The quantitative estimate of drug-likeness (QED) is 0.644. The maximum atomic E-state index is 3.73. The first-order valence-corrected chi connectivity index (χ1v) is 2.53. The fourth-order valence-electron chi connectivity index (χ4n) is 0.539. The third kappa shape index (κ3) is 13.3. The molecule has 0 spiro atoms. The van der Waals surface area contributed by atoms with Crippen molar-refractivity contribution in [2.24, 2.45) is 0 Å². The second-order valence-electron chi connectivity index (χ2n) is 1.82. The third-order valence-electron chi connectivity index (χ3n) is 1.02. The van der Waals surface area contributed by atoms with Crippen molar-refractivity contribution in [3.8, 4) is 0 Å². The summed E-state index contributed by atoms with van der Waals surface area (Å²) in [6.45, 7) is 7.47. The van der Waals surface area contributed by atoms with E-state index < -0.39 is 0 Å². The molecule has 1 aromatic carbocycles. The molecule has 0 atom stereocenters. The van der Waals surface area contributed by atoms with Crippen LogP contribution >= 0.6 is 0 Å². The van der Waals surface area contributed by atoms with E-state index in [1.165, 1.54) is 0 Å². The molecule has 0 nitrogen and oxygen atoms in total. The van der Waals surface area contributed by atoms with Crippen molar-refractivity contribution in [1.82, 2.24) is 0 Å². The van der Waals surface area contributed by atoms with E-state index in [0.717, 1.165) is 11.1 Å². The van der Waals surface area contributed by atoms with Crippen LogP contribution in [0.1, 0.15) is 11.1 Å². The van der Waals surface area contributed by atoms with E-state index in [2.05, 4.69) is 13.8 Å². The van der Waals surface area contributed by atoms with Gasteiger partial charge in [0.25, 0.3) is 0 Å². The summed E-state index contributed by atoms with van der Waals surface area (Å²) in [4.78, 5) is 0. The third-order valence-corrected chi connectivity index (χ3v) is 1.02. The summed E-state index contributed by atoms with van der Waals surface area (Å²) in [5, 5.41) is 0. The van der Waals surface area contributed by atoms with Crippen LogP contribution < -0.4 is 0 Å². The zero-order valence-corrected chi connectivity index (χ0v) is 13.1. The van der Waals surface area contributed by atoms with Crippen molar-refractivity contribution in [3.63, 3.8) is 0 Å². The van der Waals surface area contributed by atoms with E-state index in [9.17, 15) is 0 Å². The fraction of sp³-hybridized carbons (Fsp3) is 0. The molecule has 1 rings (SSSR count). The van der Waals surface area contributed by atoms with Gasteiger partial charge in [-0.15, -0.1) is 0 Å². The number of hydrogen-bond donors (Lipinski definition) is 0. The van der Waals surface area contributed by atoms with E-state index in [-0.39, 0.29) is 81.6 Å². The maximum Gasteiger partial charge on any atom is 0 e. The molecule has 0 aliphatic heterocycles. The van der Waals surface area contributed by atoms with E-state index in [4.69, 9.17) is 0 Å². The van der Waals surface area contributed by atoms with Gasteiger partial charge >= 0.3 is 0 Å². The Bertz CT molecular complexity index is 150. The van der Waals surface area contributed by atoms with Crippen LogP contribution in [0.3, 0.4) is 0 Å². The SMILES string of the molecule is [CH2-]c1ccc([CH2-])cc1.[CH3-].[V].[V].[V].[V]. The van der Waals surface area contributed by atoms with Gasteiger partial charge in [-0.05, 0) is 0 Å². The van der Waals surface area contributed by atoms with E-state index >= 15 is 0 Å². The van der Waals surface area contributed by atoms with Gasteiger partial charge in [-0.1, -0.05) is 0 Å². The predicted octanol–water partition coefficient (Wildman–Crippen LogP) is 2.49. The molecule has 0 unspecified atom stereocenters. The van der Waals surface area contributed by atoms with Crippen molar-refractivity contribution < 1.29 is 74.2 Å². The van der Waals surface area contributed by atoms with Crippen LogP contribution in [0.4, 0.5) is 0 Å². The van der Waals surface area contributed by atoms with Gasteiger partial charge in [0.2, 0.25) is 0 Å². The zero-order chi connectivity index (χ0) is 5.98. The Morgan fingerprint density at radius 3 is 0.923 bits per heavy atom. The van der Waals surface area contributed by atoms with Crippen molar-refractivity contribution in [1.29, 1.82) is 0 Å². The second kappa shape index (κ2) is 15.8. The average Bonchev–Trinajstić information content (AvgIpc) is 1.77. The second-order valence-corrected chi connectivity index (χ2v) is 1.82. The van der Waals surface area contributed by atoms with Crippen molar-refractivity contribution in [3.05, 3.63) is 56.7 Å². The molecule has 0 N–H and O–H groups in total. The van der Waals surface area contributed by atoms with Crippen LogP contribution in [0.15, 0.2) is 24.3 Å². The van der Waals surface area contributed by atoms with Gasteiger partial charge in [-0.3, -0.25) is 0 Å². The first kappa shape index (κ1) is 29.2. The van der Waals surface area contributed by atoms with E-state index in [1.54, 1.807) is 0 Å². The normalized spacial score (nSPS) is 5.54. The van der Waals surface area contributed by atoms with Gasteiger partial charge < -0.3 is 7.43 Å². The van der Waals surface area contributed by atoms with Gasteiger partial charge in [0, 0.05) is 74.2 Å². The minimum Gasteiger partial charge on any atom is -0.358 e. The molecule has 70 valence electrons. The van der Waals surface area contributed by atoms with Gasteiger partial charge in [0.15, 0.2) is 0 Å². The van der Waals surface area contributed by atoms with Crippen LogP contribution in [0, 0.1) is 21.3 Å². The molecule has 13 heavy (non-hydrogen) atoms. The minimum absolute atomic E-state index is 0. The van der Waals surface area contributed by atoms with Crippen molar-refractivity contribution >= 4 is 0 Å². The summed E-state index contributed by atoms with van der Waals surface area (Å²) in [6.07, 6.45) is 0. The topological polar surface area (TPSA) is 0 Å². The molecule has 0 amide bonds. The molecule has 0 heterocycles. The molecule has 0 bridgehead atoms. The summed E-state index contributed by atoms with van der Waals surface area (Å²) in [7, 11) is 0. The van der Waals surface area contributed by atoms with Crippen LogP contribution in [0.25, 0.3) is 0 Å². The molecular weight excluding hydrogens is 312 g/mol. The monoisotopic (exact) mass is 323 g/mol. The molecule has 0 saturated carbocycles. The number of benzene rings is 1. The Morgan fingerprint density at radius 2 is 0.769 bits per heavy atom. The average molecular weight is 323 g/mol. The molecule has 0 aliphatic rings. The van der Waals surface area contributed by atoms with Gasteiger partial charge in [0.1, 0.15) is 0 Å². The molecule has 0 aliphatic carbocycles. The Morgan fingerprint density at radius 1 is 0.615 bits per heavy atom. The van der Waals surface area contributed by atoms with Gasteiger partial charge in [0.05, 0.1) is 0 Å². The summed E-state index contributed by atoms with van der Waals surface area (Å²) < 4.78 is 0. The molecule has 0 saturated heterocycles. The first-order valence-electron chi connectivity index (χ1n) is 2.53.